The highest BCUT2D eigenvalue weighted by Gasteiger charge is 2.33. The summed E-state index contributed by atoms with van der Waals surface area (Å²) in [7, 11) is 0. The molecule has 0 amide bonds. The average molecular weight is 310 g/mol. The van der Waals surface area contributed by atoms with Crippen LogP contribution in [0.3, 0.4) is 0 Å². The van der Waals surface area contributed by atoms with Gasteiger partial charge in [0.05, 0.1) is 10.0 Å². The molecule has 3 nitrogen and oxygen atoms in total. The number of carbonyl (C=O) groups excluding carboxylic acids is 2. The van der Waals surface area contributed by atoms with Gasteiger partial charge in [-0.3, -0.25) is 9.59 Å². The van der Waals surface area contributed by atoms with Crippen LogP contribution in [0.15, 0.2) is 12.1 Å². The number of hydrogen-bond acceptors (Lipinski definition) is 3. The summed E-state index contributed by atoms with van der Waals surface area (Å²) in [6.45, 7) is 4.17. The van der Waals surface area contributed by atoms with Crippen molar-refractivity contribution >= 4 is 46.6 Å². The third-order valence-corrected chi connectivity index (χ3v) is 3.20. The summed E-state index contributed by atoms with van der Waals surface area (Å²) >= 11 is 17.6. The van der Waals surface area contributed by atoms with E-state index in [0.29, 0.717) is 0 Å². The molecule has 0 bridgehead atoms. The van der Waals surface area contributed by atoms with Gasteiger partial charge >= 0.3 is 5.97 Å². The molecule has 0 aliphatic heterocycles. The van der Waals surface area contributed by atoms with Gasteiger partial charge in [0.1, 0.15) is 0 Å². The Morgan fingerprint density at radius 1 is 1.17 bits per heavy atom. The minimum absolute atomic E-state index is 0.0892. The Bertz CT molecular complexity index is 510. The number of ether oxygens (including phenoxy) is 1. The van der Waals surface area contributed by atoms with Crippen LogP contribution in [-0.4, -0.2) is 17.4 Å². The highest BCUT2D eigenvalue weighted by molar-refractivity contribution is 6.45. The van der Waals surface area contributed by atoms with Gasteiger partial charge in [0.15, 0.2) is 5.60 Å². The second-order valence-corrected chi connectivity index (χ2v) is 5.40. The van der Waals surface area contributed by atoms with Gasteiger partial charge in [-0.05, 0) is 26.0 Å². The summed E-state index contributed by atoms with van der Waals surface area (Å²) in [6, 6.07) is 2.82. The van der Waals surface area contributed by atoms with E-state index >= 15 is 0 Å². The topological polar surface area (TPSA) is 43.4 Å². The van der Waals surface area contributed by atoms with E-state index in [2.05, 4.69) is 0 Å². The van der Waals surface area contributed by atoms with Gasteiger partial charge < -0.3 is 4.74 Å². The molecule has 18 heavy (non-hydrogen) atoms. The molecule has 0 aromatic heterocycles. The van der Waals surface area contributed by atoms with Crippen molar-refractivity contribution in [1.29, 1.82) is 0 Å². The fourth-order valence-electron chi connectivity index (χ4n) is 1.45. The summed E-state index contributed by atoms with van der Waals surface area (Å²) in [5.74, 6) is -1.02. The van der Waals surface area contributed by atoms with Gasteiger partial charge in [0.2, 0.25) is 5.78 Å². The maximum atomic E-state index is 12.2. The summed E-state index contributed by atoms with van der Waals surface area (Å²) in [4.78, 5) is 23.2. The molecule has 1 rings (SSSR count). The molecule has 0 N–H and O–H groups in total. The van der Waals surface area contributed by atoms with Crippen LogP contribution in [0.4, 0.5) is 0 Å². The number of carbonyl (C=O) groups is 2. The van der Waals surface area contributed by atoms with E-state index in [0.717, 1.165) is 0 Å². The molecule has 1 aromatic carbocycles. The van der Waals surface area contributed by atoms with Crippen molar-refractivity contribution < 1.29 is 14.3 Å². The van der Waals surface area contributed by atoms with Crippen LogP contribution in [-0.2, 0) is 9.53 Å². The van der Waals surface area contributed by atoms with Crippen molar-refractivity contribution in [1.82, 2.24) is 0 Å². The summed E-state index contributed by atoms with van der Waals surface area (Å²) in [6.07, 6.45) is 0. The van der Waals surface area contributed by atoms with E-state index in [1.807, 2.05) is 0 Å². The Labute approximate surface area is 120 Å². The van der Waals surface area contributed by atoms with Crippen LogP contribution in [0.2, 0.25) is 15.1 Å². The summed E-state index contributed by atoms with van der Waals surface area (Å²) in [5.41, 5.74) is -1.20. The van der Waals surface area contributed by atoms with E-state index in [-0.39, 0.29) is 20.6 Å². The van der Waals surface area contributed by atoms with E-state index in [1.54, 1.807) is 0 Å². The first-order chi connectivity index (χ1) is 8.15. The third kappa shape index (κ3) is 3.37. The monoisotopic (exact) mass is 308 g/mol. The van der Waals surface area contributed by atoms with E-state index < -0.39 is 17.4 Å². The molecule has 0 spiro atoms. The highest BCUT2D eigenvalue weighted by Crippen LogP contribution is 2.32. The molecule has 0 aliphatic carbocycles. The zero-order valence-corrected chi connectivity index (χ0v) is 12.3. The number of ketones is 1. The van der Waals surface area contributed by atoms with Crippen molar-refractivity contribution in [2.75, 3.05) is 0 Å². The fourth-order valence-corrected chi connectivity index (χ4v) is 2.14. The SMILES string of the molecule is CC(=O)OC(C)(C)C(=O)c1cc(Cl)cc(Cl)c1Cl. The predicted octanol–water partition coefficient (Wildman–Crippen LogP) is 4.17. The number of Topliss-reactive ketones (excluding diaryl/α,β-unsaturated/α-hetero) is 1. The van der Waals surface area contributed by atoms with E-state index in [9.17, 15) is 9.59 Å². The van der Waals surface area contributed by atoms with Crippen molar-refractivity contribution in [3.8, 4) is 0 Å². The smallest absolute Gasteiger partial charge is 0.303 e. The minimum Gasteiger partial charge on any atom is -0.451 e. The molecule has 0 radical (unpaired) electrons. The standard InChI is InChI=1S/C12H11Cl3O3/c1-6(16)18-12(2,3)11(17)8-4-7(13)5-9(14)10(8)15/h4-5H,1-3H3. The minimum atomic E-state index is -1.33. The molecule has 0 atom stereocenters. The van der Waals surface area contributed by atoms with Gasteiger partial charge in [0, 0.05) is 17.5 Å². The van der Waals surface area contributed by atoms with E-state index in [1.165, 1.54) is 32.9 Å². The first-order valence-corrected chi connectivity index (χ1v) is 6.17. The Morgan fingerprint density at radius 3 is 2.22 bits per heavy atom. The van der Waals surface area contributed by atoms with Gasteiger partial charge in [-0.15, -0.1) is 0 Å². The van der Waals surface area contributed by atoms with Crippen LogP contribution in [0, 0.1) is 0 Å². The average Bonchev–Trinajstić information content (AvgIpc) is 2.20. The number of hydrogen-bond donors (Lipinski definition) is 0. The zero-order chi connectivity index (χ0) is 14.1. The summed E-state index contributed by atoms with van der Waals surface area (Å²) in [5, 5.41) is 0.545. The van der Waals surface area contributed by atoms with Crippen LogP contribution in [0.1, 0.15) is 31.1 Å². The predicted molar refractivity (Wildman–Crippen MR) is 71.6 cm³/mol. The van der Waals surface area contributed by atoms with Gasteiger partial charge in [0.25, 0.3) is 0 Å². The Kier molecular flexibility index (Phi) is 4.65. The zero-order valence-electron chi connectivity index (χ0n) is 10.0. The van der Waals surface area contributed by atoms with Crippen molar-refractivity contribution in [2.45, 2.75) is 26.4 Å². The van der Waals surface area contributed by atoms with E-state index in [4.69, 9.17) is 39.5 Å². The van der Waals surface area contributed by atoms with Crippen molar-refractivity contribution in [2.24, 2.45) is 0 Å². The lowest BCUT2D eigenvalue weighted by Gasteiger charge is -2.23. The lowest BCUT2D eigenvalue weighted by molar-refractivity contribution is -0.149. The molecule has 0 fully saturated rings. The van der Waals surface area contributed by atoms with Crippen LogP contribution in [0.25, 0.3) is 0 Å². The molecule has 6 heteroatoms. The Hall–Kier alpha value is -0.770. The maximum Gasteiger partial charge on any atom is 0.303 e. The third-order valence-electron chi connectivity index (χ3n) is 2.18. The molecular weight excluding hydrogens is 298 g/mol. The van der Waals surface area contributed by atoms with Crippen molar-refractivity contribution in [3.63, 3.8) is 0 Å². The largest absolute Gasteiger partial charge is 0.451 e. The van der Waals surface area contributed by atoms with Crippen LogP contribution < -0.4 is 0 Å². The van der Waals surface area contributed by atoms with Gasteiger partial charge in [-0.25, -0.2) is 0 Å². The van der Waals surface area contributed by atoms with Crippen LogP contribution in [0.5, 0.6) is 0 Å². The summed E-state index contributed by atoms with van der Waals surface area (Å²) < 4.78 is 4.96. The fraction of sp³-hybridized carbons (Fsp3) is 0.333. The molecule has 0 aliphatic rings. The molecule has 0 saturated heterocycles. The lowest BCUT2D eigenvalue weighted by Crippen LogP contribution is -2.36. The number of halogens is 3. The second kappa shape index (κ2) is 5.47. The second-order valence-electron chi connectivity index (χ2n) is 4.18. The molecule has 0 unspecified atom stereocenters. The van der Waals surface area contributed by atoms with Crippen LogP contribution >= 0.6 is 34.8 Å². The number of esters is 1. The first-order valence-electron chi connectivity index (χ1n) is 5.04. The highest BCUT2D eigenvalue weighted by atomic mass is 35.5. The molecule has 98 valence electrons. The lowest BCUT2D eigenvalue weighted by atomic mass is 9.96. The van der Waals surface area contributed by atoms with Gasteiger partial charge in [-0.2, -0.15) is 0 Å². The molecule has 0 heterocycles. The molecule has 1 aromatic rings. The molecule has 0 saturated carbocycles. The van der Waals surface area contributed by atoms with Crippen molar-refractivity contribution in [3.05, 3.63) is 32.8 Å². The number of rotatable bonds is 3. The normalized spacial score (nSPS) is 11.2. The first kappa shape index (κ1) is 15.3. The maximum absolute atomic E-state index is 12.2. The molecular formula is C12H11Cl3O3. The quantitative estimate of drug-likeness (QED) is 0.478. The number of benzene rings is 1. The Morgan fingerprint density at radius 2 is 1.72 bits per heavy atom. The Balaban J connectivity index is 3.22. The van der Waals surface area contributed by atoms with Gasteiger partial charge in [-0.1, -0.05) is 34.8 Å².